The maximum atomic E-state index is 12.4. The van der Waals surface area contributed by atoms with Crippen LogP contribution in [0.5, 0.6) is 11.5 Å². The van der Waals surface area contributed by atoms with Crippen LogP contribution in [0, 0.1) is 6.07 Å². The van der Waals surface area contributed by atoms with Gasteiger partial charge in [0.2, 0.25) is 0 Å². The van der Waals surface area contributed by atoms with Crippen LogP contribution in [0.3, 0.4) is 0 Å². The average Bonchev–Trinajstić information content (AvgIpc) is 2.42. The van der Waals surface area contributed by atoms with Crippen molar-refractivity contribution in [3.8, 4) is 11.5 Å². The Hall–Kier alpha value is -1.44. The normalized spacial score (nSPS) is 12.2. The molecule has 0 aromatic heterocycles. The zero-order valence-electron chi connectivity index (χ0n) is 10.5. The maximum Gasteiger partial charge on any atom is 0.501 e. The molecule has 22 heavy (non-hydrogen) atoms. The minimum absolute atomic E-state index is 0.0797. The first-order valence-electron chi connectivity index (χ1n) is 5.57. The Labute approximate surface area is 134 Å². The van der Waals surface area contributed by atoms with Gasteiger partial charge in [0, 0.05) is 0 Å². The molecular weight excluding hydrogens is 364 g/mol. The van der Waals surface area contributed by atoms with Crippen LogP contribution in [0.25, 0.3) is 0 Å². The van der Waals surface area contributed by atoms with E-state index >= 15 is 0 Å². The van der Waals surface area contributed by atoms with Crippen molar-refractivity contribution in [2.45, 2.75) is 10.4 Å². The van der Waals surface area contributed by atoms with Crippen molar-refractivity contribution in [3.05, 3.63) is 52.5 Å². The number of ether oxygens (including phenoxy) is 1. The summed E-state index contributed by atoms with van der Waals surface area (Å²) in [7, 11) is -5.40. The highest BCUT2D eigenvalue weighted by Crippen LogP contribution is 2.37. The van der Waals surface area contributed by atoms with Gasteiger partial charge in [-0.05, 0) is 42.5 Å². The predicted molar refractivity (Wildman–Crippen MR) is 75.1 cm³/mol. The summed E-state index contributed by atoms with van der Waals surface area (Å²) >= 11 is 11.7. The number of rotatable bonds is 3. The van der Waals surface area contributed by atoms with Crippen LogP contribution in [0.15, 0.2) is 41.3 Å². The zero-order valence-corrected chi connectivity index (χ0v) is 12.8. The smallest absolute Gasteiger partial charge is 0.454 e. The highest BCUT2D eigenvalue weighted by molar-refractivity contribution is 7.92. The quantitative estimate of drug-likeness (QED) is 0.774. The minimum Gasteiger partial charge on any atom is -0.454 e. The molecule has 0 unspecified atom stereocenters. The summed E-state index contributed by atoms with van der Waals surface area (Å²) in [6.45, 7) is 0. The molecule has 0 saturated heterocycles. The van der Waals surface area contributed by atoms with Gasteiger partial charge in [-0.15, -0.1) is 0 Å². The van der Waals surface area contributed by atoms with Gasteiger partial charge in [0.15, 0.2) is 5.75 Å². The number of sulfone groups is 1. The van der Waals surface area contributed by atoms with Crippen molar-refractivity contribution in [3.63, 3.8) is 0 Å². The van der Waals surface area contributed by atoms with Gasteiger partial charge in [0.1, 0.15) is 5.75 Å². The Kier molecular flexibility index (Phi) is 4.60. The van der Waals surface area contributed by atoms with Gasteiger partial charge in [-0.3, -0.25) is 0 Å². The van der Waals surface area contributed by atoms with E-state index in [1.54, 1.807) is 0 Å². The Bertz CT molecular complexity index is 767. The monoisotopic (exact) mass is 369 g/mol. The van der Waals surface area contributed by atoms with E-state index in [0.29, 0.717) is 0 Å². The minimum atomic E-state index is -5.40. The summed E-state index contributed by atoms with van der Waals surface area (Å²) in [5.41, 5.74) is -5.36. The topological polar surface area (TPSA) is 43.4 Å². The molecular formula is C13H6Cl2F3O3S. The second-order valence-electron chi connectivity index (χ2n) is 4.00. The number of hydrogen-bond acceptors (Lipinski definition) is 3. The summed E-state index contributed by atoms with van der Waals surface area (Å²) in [5.74, 6) is 0.171. The van der Waals surface area contributed by atoms with Crippen molar-refractivity contribution in [2.75, 3.05) is 0 Å². The lowest BCUT2D eigenvalue weighted by molar-refractivity contribution is -0.0436. The molecule has 0 atom stereocenters. The Morgan fingerprint density at radius 3 is 1.95 bits per heavy atom. The summed E-state index contributed by atoms with van der Waals surface area (Å²) < 4.78 is 65.0. The molecule has 0 spiro atoms. The summed E-state index contributed by atoms with van der Waals surface area (Å²) in [6.07, 6.45) is 0. The van der Waals surface area contributed by atoms with Crippen LogP contribution in [0.2, 0.25) is 10.0 Å². The average molecular weight is 370 g/mol. The largest absolute Gasteiger partial charge is 0.501 e. The standard InChI is InChI=1S/C13H6Cl2F3O3S/c14-10-2-1-3-11(15)12(10)21-8-4-6-9(7-5-8)22(19,20)13(16,17)18/h2-7H. The maximum absolute atomic E-state index is 12.4. The van der Waals surface area contributed by atoms with E-state index < -0.39 is 20.2 Å². The lowest BCUT2D eigenvalue weighted by Gasteiger charge is -2.11. The lowest BCUT2D eigenvalue weighted by atomic mass is 10.3. The highest BCUT2D eigenvalue weighted by atomic mass is 35.5. The third kappa shape index (κ3) is 3.31. The summed E-state index contributed by atoms with van der Waals surface area (Å²) in [4.78, 5) is -0.883. The van der Waals surface area contributed by atoms with Gasteiger partial charge < -0.3 is 4.74 Å². The first kappa shape index (κ1) is 16.9. The molecule has 2 aromatic rings. The molecule has 3 nitrogen and oxygen atoms in total. The van der Waals surface area contributed by atoms with E-state index in [1.807, 2.05) is 0 Å². The first-order valence-corrected chi connectivity index (χ1v) is 7.81. The number of hydrogen-bond donors (Lipinski definition) is 0. The van der Waals surface area contributed by atoms with Crippen LogP contribution in [0.4, 0.5) is 13.2 Å². The molecule has 2 aromatic carbocycles. The third-order valence-electron chi connectivity index (χ3n) is 2.51. The Morgan fingerprint density at radius 2 is 1.50 bits per heavy atom. The van der Waals surface area contributed by atoms with Gasteiger partial charge >= 0.3 is 5.51 Å². The van der Waals surface area contributed by atoms with Crippen LogP contribution < -0.4 is 4.74 Å². The molecule has 9 heteroatoms. The molecule has 0 aliphatic heterocycles. The van der Waals surface area contributed by atoms with Gasteiger partial charge in [0.05, 0.1) is 14.9 Å². The fourth-order valence-corrected chi connectivity index (χ4v) is 2.69. The molecule has 0 aliphatic carbocycles. The Morgan fingerprint density at radius 1 is 1.00 bits per heavy atom. The van der Waals surface area contributed by atoms with Crippen molar-refractivity contribution in [1.82, 2.24) is 0 Å². The molecule has 0 fully saturated rings. The lowest BCUT2D eigenvalue weighted by Crippen LogP contribution is -2.23. The van der Waals surface area contributed by atoms with Crippen molar-refractivity contribution < 1.29 is 26.3 Å². The van der Waals surface area contributed by atoms with E-state index in [0.717, 1.165) is 24.3 Å². The summed E-state index contributed by atoms with van der Waals surface area (Å²) in [5, 5.41) is 0.305. The highest BCUT2D eigenvalue weighted by Gasteiger charge is 2.46. The van der Waals surface area contributed by atoms with Crippen LogP contribution in [-0.2, 0) is 9.84 Å². The predicted octanol–water partition coefficient (Wildman–Crippen LogP) is 4.88. The van der Waals surface area contributed by atoms with Gasteiger partial charge in [-0.1, -0.05) is 23.2 Å². The summed E-state index contributed by atoms with van der Waals surface area (Å²) in [6, 6.07) is 9.16. The number of alkyl halides is 3. The second kappa shape index (κ2) is 5.98. The van der Waals surface area contributed by atoms with Crippen LogP contribution in [0.1, 0.15) is 0 Å². The third-order valence-corrected chi connectivity index (χ3v) is 4.58. The van der Waals surface area contributed by atoms with E-state index in [1.165, 1.54) is 12.1 Å². The molecule has 0 aliphatic rings. The van der Waals surface area contributed by atoms with E-state index in [2.05, 4.69) is 6.07 Å². The van der Waals surface area contributed by atoms with Gasteiger partial charge in [-0.25, -0.2) is 8.42 Å². The second-order valence-corrected chi connectivity index (χ2v) is 6.76. The van der Waals surface area contributed by atoms with Crippen LogP contribution in [-0.4, -0.2) is 13.9 Å². The van der Waals surface area contributed by atoms with Crippen molar-refractivity contribution in [1.29, 1.82) is 0 Å². The van der Waals surface area contributed by atoms with Crippen molar-refractivity contribution >= 4 is 33.0 Å². The fourth-order valence-electron chi connectivity index (χ4n) is 1.47. The van der Waals surface area contributed by atoms with E-state index in [-0.39, 0.29) is 21.5 Å². The zero-order chi connectivity index (χ0) is 16.5. The van der Waals surface area contributed by atoms with Crippen molar-refractivity contribution in [2.24, 2.45) is 0 Å². The fraction of sp³-hybridized carbons (Fsp3) is 0.0769. The number of benzene rings is 2. The molecule has 117 valence electrons. The molecule has 0 N–H and O–H groups in total. The van der Waals surface area contributed by atoms with E-state index in [9.17, 15) is 21.6 Å². The molecule has 0 amide bonds. The SMILES string of the molecule is O=S(=O)(c1ccc(Oc2c(Cl)c[c]cc2Cl)cc1)C(F)(F)F. The molecule has 1 radical (unpaired) electrons. The van der Waals surface area contributed by atoms with Gasteiger partial charge in [-0.2, -0.15) is 13.2 Å². The Balaban J connectivity index is 2.31. The molecule has 0 bridgehead atoms. The first-order chi connectivity index (χ1) is 10.1. The van der Waals surface area contributed by atoms with E-state index in [4.69, 9.17) is 27.9 Å². The van der Waals surface area contributed by atoms with Gasteiger partial charge in [0.25, 0.3) is 9.84 Å². The molecule has 0 saturated carbocycles. The number of halogens is 5. The molecule has 2 rings (SSSR count). The van der Waals surface area contributed by atoms with Crippen LogP contribution >= 0.6 is 23.2 Å². The molecule has 0 heterocycles.